The Balaban J connectivity index is 3.12. The Morgan fingerprint density at radius 2 is 2.00 bits per heavy atom. The van der Waals surface area contributed by atoms with Gasteiger partial charge in [0.1, 0.15) is 6.61 Å². The van der Waals surface area contributed by atoms with Crippen LogP contribution in [0.4, 0.5) is 0 Å². The summed E-state index contributed by atoms with van der Waals surface area (Å²) in [4.78, 5) is 11.3. The molecule has 0 amide bonds. The van der Waals surface area contributed by atoms with Gasteiger partial charge in [0.15, 0.2) is 5.78 Å². The third-order valence-corrected chi connectivity index (χ3v) is 2.03. The summed E-state index contributed by atoms with van der Waals surface area (Å²) in [5.41, 5.74) is 1.64. The molecule has 0 spiro atoms. The number of hydrogen-bond acceptors (Lipinski definition) is 2. The first-order chi connectivity index (χ1) is 6.16. The van der Waals surface area contributed by atoms with Gasteiger partial charge in [0.2, 0.25) is 0 Å². The second kappa shape index (κ2) is 4.19. The van der Waals surface area contributed by atoms with Gasteiger partial charge in [-0.1, -0.05) is 38.1 Å². The number of Topliss-reactive ketones (excluding diaryl/α,β-unsaturated/α-hetero) is 1. The number of ketones is 1. The van der Waals surface area contributed by atoms with Crippen LogP contribution in [-0.4, -0.2) is 17.5 Å². The van der Waals surface area contributed by atoms with Crippen molar-refractivity contribution >= 4 is 5.78 Å². The molecule has 0 aliphatic rings. The van der Waals surface area contributed by atoms with E-state index in [-0.39, 0.29) is 5.78 Å². The van der Waals surface area contributed by atoms with Crippen LogP contribution in [0.5, 0.6) is 0 Å². The van der Waals surface area contributed by atoms with Crippen LogP contribution in [0.15, 0.2) is 24.3 Å². The van der Waals surface area contributed by atoms with Crippen LogP contribution in [0.25, 0.3) is 0 Å². The van der Waals surface area contributed by atoms with Crippen molar-refractivity contribution in [1.29, 1.82) is 0 Å². The van der Waals surface area contributed by atoms with Crippen molar-refractivity contribution in [3.05, 3.63) is 35.4 Å². The van der Waals surface area contributed by atoms with E-state index in [9.17, 15) is 4.79 Å². The number of carbonyl (C=O) groups is 1. The van der Waals surface area contributed by atoms with E-state index in [1.807, 2.05) is 32.0 Å². The molecular weight excluding hydrogens is 164 g/mol. The van der Waals surface area contributed by atoms with E-state index in [1.54, 1.807) is 6.07 Å². The van der Waals surface area contributed by atoms with Crippen molar-refractivity contribution in [3.63, 3.8) is 0 Å². The summed E-state index contributed by atoms with van der Waals surface area (Å²) in [6.07, 6.45) is 0. The first-order valence-electron chi connectivity index (χ1n) is 4.39. The molecule has 0 unspecified atom stereocenters. The summed E-state index contributed by atoms with van der Waals surface area (Å²) in [5, 5.41) is 8.74. The molecule has 1 aromatic rings. The first-order valence-corrected chi connectivity index (χ1v) is 4.39. The van der Waals surface area contributed by atoms with Crippen molar-refractivity contribution in [2.75, 3.05) is 6.61 Å². The van der Waals surface area contributed by atoms with Gasteiger partial charge in [-0.05, 0) is 11.5 Å². The lowest BCUT2D eigenvalue weighted by Crippen LogP contribution is -2.08. The second-order valence-corrected chi connectivity index (χ2v) is 3.32. The van der Waals surface area contributed by atoms with Gasteiger partial charge < -0.3 is 5.11 Å². The molecular formula is C11H14O2. The quantitative estimate of drug-likeness (QED) is 0.718. The van der Waals surface area contributed by atoms with Crippen LogP contribution < -0.4 is 0 Å². The molecule has 0 aromatic heterocycles. The van der Waals surface area contributed by atoms with Gasteiger partial charge in [0.25, 0.3) is 0 Å². The predicted octanol–water partition coefficient (Wildman–Crippen LogP) is 1.98. The Hall–Kier alpha value is -1.15. The molecule has 0 heterocycles. The molecule has 0 bridgehead atoms. The Bertz CT molecular complexity index is 303. The normalized spacial score (nSPS) is 10.5. The Morgan fingerprint density at radius 1 is 1.38 bits per heavy atom. The number of aliphatic hydroxyl groups excluding tert-OH is 1. The number of hydrogen-bond donors (Lipinski definition) is 1. The van der Waals surface area contributed by atoms with Gasteiger partial charge in [-0.15, -0.1) is 0 Å². The smallest absolute Gasteiger partial charge is 0.188 e. The van der Waals surface area contributed by atoms with Crippen molar-refractivity contribution in [1.82, 2.24) is 0 Å². The van der Waals surface area contributed by atoms with E-state index < -0.39 is 6.61 Å². The van der Waals surface area contributed by atoms with Gasteiger partial charge in [0, 0.05) is 5.56 Å². The summed E-state index contributed by atoms with van der Waals surface area (Å²) < 4.78 is 0. The Labute approximate surface area is 78.2 Å². The van der Waals surface area contributed by atoms with Crippen LogP contribution >= 0.6 is 0 Å². The maximum atomic E-state index is 11.3. The molecule has 0 fully saturated rings. The maximum absolute atomic E-state index is 11.3. The van der Waals surface area contributed by atoms with Crippen LogP contribution in [0.1, 0.15) is 35.7 Å². The zero-order valence-corrected chi connectivity index (χ0v) is 7.95. The average Bonchev–Trinajstić information content (AvgIpc) is 2.16. The molecule has 0 saturated carbocycles. The monoisotopic (exact) mass is 178 g/mol. The number of benzene rings is 1. The molecule has 2 nitrogen and oxygen atoms in total. The van der Waals surface area contributed by atoms with Crippen molar-refractivity contribution in [3.8, 4) is 0 Å². The van der Waals surface area contributed by atoms with Crippen molar-refractivity contribution in [2.24, 2.45) is 0 Å². The zero-order chi connectivity index (χ0) is 9.84. The average molecular weight is 178 g/mol. The molecule has 0 atom stereocenters. The second-order valence-electron chi connectivity index (χ2n) is 3.32. The first kappa shape index (κ1) is 9.93. The number of carbonyl (C=O) groups excluding carboxylic acids is 1. The SMILES string of the molecule is CC(C)c1ccccc1C(=O)CO. The van der Waals surface area contributed by atoms with Crippen LogP contribution in [-0.2, 0) is 0 Å². The minimum absolute atomic E-state index is 0.204. The largest absolute Gasteiger partial charge is 0.388 e. The topological polar surface area (TPSA) is 37.3 Å². The fourth-order valence-electron chi connectivity index (χ4n) is 1.34. The Morgan fingerprint density at radius 3 is 2.54 bits per heavy atom. The summed E-state index contributed by atoms with van der Waals surface area (Å²) in [6, 6.07) is 7.40. The van der Waals surface area contributed by atoms with Crippen LogP contribution in [0, 0.1) is 0 Å². The highest BCUT2D eigenvalue weighted by atomic mass is 16.3. The van der Waals surface area contributed by atoms with Crippen molar-refractivity contribution in [2.45, 2.75) is 19.8 Å². The summed E-state index contributed by atoms with van der Waals surface area (Å²) >= 11 is 0. The molecule has 0 radical (unpaired) electrons. The highest BCUT2D eigenvalue weighted by molar-refractivity contribution is 5.98. The zero-order valence-electron chi connectivity index (χ0n) is 7.95. The van der Waals surface area contributed by atoms with E-state index in [2.05, 4.69) is 0 Å². The van der Waals surface area contributed by atoms with E-state index in [0.29, 0.717) is 11.5 Å². The summed E-state index contributed by atoms with van der Waals surface area (Å²) in [5.74, 6) is 0.107. The van der Waals surface area contributed by atoms with Gasteiger partial charge in [-0.25, -0.2) is 0 Å². The molecule has 0 aliphatic heterocycles. The third kappa shape index (κ3) is 2.16. The Kier molecular flexibility index (Phi) is 3.20. The molecule has 13 heavy (non-hydrogen) atoms. The molecule has 0 aliphatic carbocycles. The van der Waals surface area contributed by atoms with Gasteiger partial charge in [-0.3, -0.25) is 4.79 Å². The van der Waals surface area contributed by atoms with E-state index >= 15 is 0 Å². The number of aliphatic hydroxyl groups is 1. The minimum Gasteiger partial charge on any atom is -0.388 e. The van der Waals surface area contributed by atoms with E-state index in [1.165, 1.54) is 0 Å². The van der Waals surface area contributed by atoms with E-state index in [4.69, 9.17) is 5.11 Å². The lowest BCUT2D eigenvalue weighted by molar-refractivity contribution is 0.0902. The van der Waals surface area contributed by atoms with Crippen LogP contribution in [0.3, 0.4) is 0 Å². The molecule has 1 N–H and O–H groups in total. The maximum Gasteiger partial charge on any atom is 0.188 e. The fourth-order valence-corrected chi connectivity index (χ4v) is 1.34. The van der Waals surface area contributed by atoms with Crippen molar-refractivity contribution < 1.29 is 9.90 Å². The van der Waals surface area contributed by atoms with Crippen LogP contribution in [0.2, 0.25) is 0 Å². The minimum atomic E-state index is -0.413. The van der Waals surface area contributed by atoms with Gasteiger partial charge in [-0.2, -0.15) is 0 Å². The summed E-state index contributed by atoms with van der Waals surface area (Å²) in [6.45, 7) is 3.65. The number of rotatable bonds is 3. The fraction of sp³-hybridized carbons (Fsp3) is 0.364. The molecule has 0 saturated heterocycles. The lowest BCUT2D eigenvalue weighted by atomic mass is 9.95. The highest BCUT2D eigenvalue weighted by Crippen LogP contribution is 2.19. The molecule has 1 aromatic carbocycles. The summed E-state index contributed by atoms with van der Waals surface area (Å²) in [7, 11) is 0. The van der Waals surface area contributed by atoms with Gasteiger partial charge >= 0.3 is 0 Å². The predicted molar refractivity (Wildman–Crippen MR) is 51.9 cm³/mol. The third-order valence-electron chi connectivity index (χ3n) is 2.03. The van der Waals surface area contributed by atoms with Gasteiger partial charge in [0.05, 0.1) is 0 Å². The standard InChI is InChI=1S/C11H14O2/c1-8(2)9-5-3-4-6-10(9)11(13)7-12/h3-6,8,12H,7H2,1-2H3. The highest BCUT2D eigenvalue weighted by Gasteiger charge is 2.11. The lowest BCUT2D eigenvalue weighted by Gasteiger charge is -2.09. The molecule has 70 valence electrons. The molecule has 1 rings (SSSR count). The van der Waals surface area contributed by atoms with E-state index in [0.717, 1.165) is 5.56 Å². The molecule has 2 heteroatoms.